The summed E-state index contributed by atoms with van der Waals surface area (Å²) < 4.78 is 0. The maximum atomic E-state index is 12.0. The van der Waals surface area contributed by atoms with E-state index in [0.717, 1.165) is 0 Å². The highest BCUT2D eigenvalue weighted by molar-refractivity contribution is 7.80. The van der Waals surface area contributed by atoms with E-state index < -0.39 is 5.92 Å². The van der Waals surface area contributed by atoms with Crippen LogP contribution in [0.15, 0.2) is 0 Å². The van der Waals surface area contributed by atoms with Gasteiger partial charge >= 0.3 is 0 Å². The largest absolute Gasteiger partial charge is 0.393 e. The molecule has 0 bridgehead atoms. The molecule has 0 radical (unpaired) electrons. The second-order valence-corrected chi connectivity index (χ2v) is 4.57. The molecular formula is C11H21N3O2S. The monoisotopic (exact) mass is 259 g/mol. The van der Waals surface area contributed by atoms with Gasteiger partial charge in [-0.15, -0.1) is 0 Å². The summed E-state index contributed by atoms with van der Waals surface area (Å²) in [7, 11) is 3.23. The number of thiocarbonyl (C=S) groups is 1. The fourth-order valence-electron chi connectivity index (χ4n) is 1.59. The molecule has 0 saturated heterocycles. The number of rotatable bonds is 6. The van der Waals surface area contributed by atoms with Gasteiger partial charge in [0.2, 0.25) is 11.8 Å². The number of carbonyl (C=O) groups excluding carboxylic acids is 2. The molecule has 0 aliphatic carbocycles. The first kappa shape index (κ1) is 15.8. The molecule has 6 heteroatoms. The van der Waals surface area contributed by atoms with Crippen molar-refractivity contribution in [3.8, 4) is 0 Å². The Kier molecular flexibility index (Phi) is 6.72. The fourth-order valence-corrected chi connectivity index (χ4v) is 1.86. The first-order valence-electron chi connectivity index (χ1n) is 5.61. The molecule has 98 valence electrons. The van der Waals surface area contributed by atoms with Crippen LogP contribution in [0.2, 0.25) is 0 Å². The molecule has 2 amide bonds. The highest BCUT2D eigenvalue weighted by Crippen LogP contribution is 2.09. The number of hydrogen-bond donors (Lipinski definition) is 2. The number of amides is 2. The number of nitrogens with one attached hydrogen (secondary N) is 1. The van der Waals surface area contributed by atoms with Crippen molar-refractivity contribution in [3.05, 3.63) is 0 Å². The van der Waals surface area contributed by atoms with Crippen molar-refractivity contribution in [2.24, 2.45) is 17.6 Å². The van der Waals surface area contributed by atoms with Crippen LogP contribution in [0, 0.1) is 11.8 Å². The molecule has 0 saturated carbocycles. The Morgan fingerprint density at radius 2 is 2.00 bits per heavy atom. The number of hydrogen-bond acceptors (Lipinski definition) is 3. The molecule has 5 nitrogen and oxygen atoms in total. The second kappa shape index (κ2) is 7.21. The van der Waals surface area contributed by atoms with Crippen LogP contribution in [0.4, 0.5) is 0 Å². The maximum absolute atomic E-state index is 12.0. The smallest absolute Gasteiger partial charge is 0.232 e. The Hall–Kier alpha value is -1.17. The van der Waals surface area contributed by atoms with Gasteiger partial charge in [-0.2, -0.15) is 0 Å². The van der Waals surface area contributed by atoms with Gasteiger partial charge in [-0.1, -0.05) is 26.1 Å². The molecule has 0 aromatic rings. The lowest BCUT2D eigenvalue weighted by atomic mass is 10.0. The number of carbonyl (C=O) groups is 2. The highest BCUT2D eigenvalue weighted by Gasteiger charge is 2.25. The van der Waals surface area contributed by atoms with Gasteiger partial charge in [-0.25, -0.2) is 0 Å². The van der Waals surface area contributed by atoms with Gasteiger partial charge < -0.3 is 16.0 Å². The lowest BCUT2D eigenvalue weighted by Gasteiger charge is -2.24. The van der Waals surface area contributed by atoms with Crippen molar-refractivity contribution in [2.45, 2.75) is 20.3 Å². The molecule has 0 aliphatic heterocycles. The molecule has 0 fully saturated rings. The van der Waals surface area contributed by atoms with Crippen molar-refractivity contribution >= 4 is 29.0 Å². The summed E-state index contributed by atoms with van der Waals surface area (Å²) in [5.41, 5.74) is 5.51. The Balaban J connectivity index is 4.50. The van der Waals surface area contributed by atoms with Crippen LogP contribution in [0.5, 0.6) is 0 Å². The van der Waals surface area contributed by atoms with Gasteiger partial charge in [0.05, 0.1) is 16.8 Å². The maximum Gasteiger partial charge on any atom is 0.232 e. The van der Waals surface area contributed by atoms with Crippen molar-refractivity contribution < 1.29 is 9.59 Å². The van der Waals surface area contributed by atoms with E-state index in [2.05, 4.69) is 5.32 Å². The average Bonchev–Trinajstić information content (AvgIpc) is 2.27. The summed E-state index contributed by atoms with van der Waals surface area (Å²) in [5.74, 6) is -0.909. The van der Waals surface area contributed by atoms with E-state index in [9.17, 15) is 9.59 Å². The van der Waals surface area contributed by atoms with Crippen LogP contribution in [0.1, 0.15) is 20.3 Å². The molecule has 3 N–H and O–H groups in total. The Bertz CT molecular complexity index is 307. The van der Waals surface area contributed by atoms with Crippen LogP contribution < -0.4 is 11.1 Å². The molecule has 2 unspecified atom stereocenters. The summed E-state index contributed by atoms with van der Waals surface area (Å²) in [6.07, 6.45) is 0.576. The third-order valence-electron chi connectivity index (χ3n) is 2.67. The van der Waals surface area contributed by atoms with Crippen molar-refractivity contribution in [3.63, 3.8) is 0 Å². The number of nitrogens with two attached hydrogens (primary N) is 1. The minimum atomic E-state index is -0.438. The third-order valence-corrected chi connectivity index (χ3v) is 2.95. The molecule has 0 heterocycles. The summed E-state index contributed by atoms with van der Waals surface area (Å²) in [4.78, 5) is 25.0. The quantitative estimate of drug-likeness (QED) is 0.665. The predicted octanol–water partition coefficient (Wildman–Crippen LogP) is 0.139. The molecule has 17 heavy (non-hydrogen) atoms. The van der Waals surface area contributed by atoms with Crippen molar-refractivity contribution in [1.29, 1.82) is 0 Å². The van der Waals surface area contributed by atoms with Gasteiger partial charge in [0.15, 0.2) is 0 Å². The molecule has 0 aromatic carbocycles. The normalized spacial score (nSPS) is 13.6. The van der Waals surface area contributed by atoms with Crippen molar-refractivity contribution in [2.75, 3.05) is 20.6 Å². The van der Waals surface area contributed by atoms with Crippen LogP contribution in [0.3, 0.4) is 0 Å². The number of nitrogens with zero attached hydrogens (tertiary/aromatic N) is 1. The SMILES string of the molecule is CCC(C(=O)N(C)CC(C)C(=O)NC)C(N)=S. The van der Waals surface area contributed by atoms with Crippen LogP contribution in [0.25, 0.3) is 0 Å². The molecule has 0 aromatic heterocycles. The Morgan fingerprint density at radius 3 is 2.35 bits per heavy atom. The van der Waals surface area contributed by atoms with Crippen molar-refractivity contribution in [1.82, 2.24) is 10.2 Å². The van der Waals surface area contributed by atoms with Crippen LogP contribution in [-0.2, 0) is 9.59 Å². The van der Waals surface area contributed by atoms with E-state index in [4.69, 9.17) is 18.0 Å². The zero-order valence-electron chi connectivity index (χ0n) is 10.8. The van der Waals surface area contributed by atoms with E-state index in [1.54, 1.807) is 21.0 Å². The van der Waals surface area contributed by atoms with Gasteiger partial charge in [-0.3, -0.25) is 9.59 Å². The third kappa shape index (κ3) is 4.68. The standard InChI is InChI=1S/C11H21N3O2S/c1-5-8(9(12)17)11(16)14(4)6-7(2)10(15)13-3/h7-8H,5-6H2,1-4H3,(H2,12,17)(H,13,15). The zero-order valence-corrected chi connectivity index (χ0v) is 11.6. The van der Waals surface area contributed by atoms with E-state index in [1.807, 2.05) is 6.92 Å². The first-order valence-corrected chi connectivity index (χ1v) is 6.01. The lowest BCUT2D eigenvalue weighted by Crippen LogP contribution is -2.43. The fraction of sp³-hybridized carbons (Fsp3) is 0.727. The van der Waals surface area contributed by atoms with Gasteiger partial charge in [0, 0.05) is 20.6 Å². The average molecular weight is 259 g/mol. The lowest BCUT2D eigenvalue weighted by molar-refractivity contribution is -0.133. The van der Waals surface area contributed by atoms with E-state index in [0.29, 0.717) is 13.0 Å². The summed E-state index contributed by atoms with van der Waals surface area (Å²) >= 11 is 4.85. The van der Waals surface area contributed by atoms with E-state index >= 15 is 0 Å². The van der Waals surface area contributed by atoms with Gasteiger partial charge in [0.25, 0.3) is 0 Å². The molecule has 0 aliphatic rings. The predicted molar refractivity (Wildman–Crippen MR) is 71.4 cm³/mol. The highest BCUT2D eigenvalue weighted by atomic mass is 32.1. The van der Waals surface area contributed by atoms with Crippen LogP contribution in [-0.4, -0.2) is 42.3 Å². The molecular weight excluding hydrogens is 238 g/mol. The summed E-state index contributed by atoms with van der Waals surface area (Å²) in [5, 5.41) is 2.55. The van der Waals surface area contributed by atoms with Crippen LogP contribution >= 0.6 is 12.2 Å². The van der Waals surface area contributed by atoms with Gasteiger partial charge in [0.1, 0.15) is 0 Å². The second-order valence-electron chi connectivity index (χ2n) is 4.10. The summed E-state index contributed by atoms with van der Waals surface area (Å²) in [6.45, 7) is 3.99. The summed E-state index contributed by atoms with van der Waals surface area (Å²) in [6, 6.07) is 0. The minimum absolute atomic E-state index is 0.0898. The minimum Gasteiger partial charge on any atom is -0.393 e. The topological polar surface area (TPSA) is 75.4 Å². The Labute approximate surface area is 108 Å². The zero-order chi connectivity index (χ0) is 13.6. The van der Waals surface area contributed by atoms with E-state index in [-0.39, 0.29) is 22.7 Å². The Morgan fingerprint density at radius 1 is 1.47 bits per heavy atom. The first-order chi connectivity index (χ1) is 7.84. The van der Waals surface area contributed by atoms with E-state index in [1.165, 1.54) is 4.90 Å². The molecule has 0 rings (SSSR count). The van der Waals surface area contributed by atoms with Gasteiger partial charge in [-0.05, 0) is 6.42 Å². The molecule has 2 atom stereocenters. The molecule has 0 spiro atoms.